The van der Waals surface area contributed by atoms with Crippen molar-refractivity contribution >= 4 is 38.9 Å². The van der Waals surface area contributed by atoms with Crippen LogP contribution in [0.2, 0.25) is 5.02 Å². The molecule has 1 atom stereocenters. The largest absolute Gasteiger partial charge is 0.309 e. The van der Waals surface area contributed by atoms with E-state index in [1.165, 1.54) is 12.1 Å². The summed E-state index contributed by atoms with van der Waals surface area (Å²) >= 11 is 11.5. The lowest BCUT2D eigenvalue weighted by Gasteiger charge is -2.19. The van der Waals surface area contributed by atoms with Crippen LogP contribution in [-0.4, -0.2) is 6.54 Å². The molecule has 2 rings (SSSR count). The van der Waals surface area contributed by atoms with Crippen molar-refractivity contribution in [3.8, 4) is 0 Å². The van der Waals surface area contributed by atoms with Crippen molar-refractivity contribution in [2.45, 2.75) is 32.7 Å². The zero-order valence-electron chi connectivity index (χ0n) is 12.1. The van der Waals surface area contributed by atoms with E-state index in [1.54, 1.807) is 11.3 Å². The molecule has 1 aromatic heterocycles. The van der Waals surface area contributed by atoms with Crippen LogP contribution in [0.3, 0.4) is 0 Å². The van der Waals surface area contributed by atoms with E-state index >= 15 is 0 Å². The minimum atomic E-state index is -0.228. The van der Waals surface area contributed by atoms with E-state index in [1.807, 2.05) is 13.0 Å². The van der Waals surface area contributed by atoms with Gasteiger partial charge in [-0.1, -0.05) is 40.5 Å². The Morgan fingerprint density at radius 1 is 1.43 bits per heavy atom. The Bertz CT molecular complexity index is 614. The van der Waals surface area contributed by atoms with Crippen LogP contribution in [0, 0.1) is 12.7 Å². The van der Waals surface area contributed by atoms with Gasteiger partial charge in [-0.2, -0.15) is 0 Å². The van der Waals surface area contributed by atoms with E-state index < -0.39 is 0 Å². The molecule has 2 aromatic rings. The maximum atomic E-state index is 13.2. The minimum absolute atomic E-state index is 0.151. The fourth-order valence-electron chi connectivity index (χ4n) is 2.17. The summed E-state index contributed by atoms with van der Waals surface area (Å²) in [5.41, 5.74) is 2.19. The van der Waals surface area contributed by atoms with Gasteiger partial charge >= 0.3 is 0 Å². The Kier molecular flexibility index (Phi) is 6.23. The average Bonchev–Trinajstić information content (AvgIpc) is 2.77. The second-order valence-corrected chi connectivity index (χ2v) is 7.19. The molecular formula is C16H18BrClFNS. The van der Waals surface area contributed by atoms with Crippen molar-refractivity contribution in [2.75, 3.05) is 6.54 Å². The molecule has 0 aliphatic heterocycles. The van der Waals surface area contributed by atoms with Gasteiger partial charge < -0.3 is 5.32 Å². The number of aryl methyl sites for hydroxylation is 1. The van der Waals surface area contributed by atoms with Crippen LogP contribution >= 0.6 is 38.9 Å². The fourth-order valence-corrected chi connectivity index (χ4v) is 4.08. The fraction of sp³-hybridized carbons (Fsp3) is 0.375. The molecule has 0 bridgehead atoms. The third-order valence-electron chi connectivity index (χ3n) is 3.32. The molecule has 5 heteroatoms. The van der Waals surface area contributed by atoms with Gasteiger partial charge in [-0.25, -0.2) is 4.39 Å². The summed E-state index contributed by atoms with van der Waals surface area (Å²) in [6, 6.07) is 4.98. The van der Waals surface area contributed by atoms with Crippen LogP contribution in [-0.2, 0) is 6.42 Å². The zero-order valence-corrected chi connectivity index (χ0v) is 15.2. The normalized spacial score (nSPS) is 12.6. The molecule has 0 saturated heterocycles. The van der Waals surface area contributed by atoms with Crippen molar-refractivity contribution in [3.63, 3.8) is 0 Å². The Hall–Kier alpha value is -0.420. The number of nitrogens with one attached hydrogen (secondary N) is 1. The van der Waals surface area contributed by atoms with Crippen LogP contribution in [0.25, 0.3) is 0 Å². The summed E-state index contributed by atoms with van der Waals surface area (Å²) in [6.07, 6.45) is 1.84. The molecule has 1 aromatic carbocycles. The number of rotatable bonds is 6. The predicted octanol–water partition coefficient (Wildman–Crippen LogP) is 5.89. The first-order chi connectivity index (χ1) is 10.0. The summed E-state index contributed by atoms with van der Waals surface area (Å²) in [6.45, 7) is 5.09. The summed E-state index contributed by atoms with van der Waals surface area (Å²) < 4.78 is 14.0. The van der Waals surface area contributed by atoms with E-state index in [-0.39, 0.29) is 11.9 Å². The maximum Gasteiger partial charge on any atom is 0.124 e. The van der Waals surface area contributed by atoms with Gasteiger partial charge in [-0.15, -0.1) is 11.3 Å². The van der Waals surface area contributed by atoms with Crippen molar-refractivity contribution < 1.29 is 4.39 Å². The predicted molar refractivity (Wildman–Crippen MR) is 92.9 cm³/mol. The molecule has 0 spiro atoms. The highest BCUT2D eigenvalue weighted by Crippen LogP contribution is 2.35. The first kappa shape index (κ1) is 16.9. The lowest BCUT2D eigenvalue weighted by Crippen LogP contribution is -2.23. The van der Waals surface area contributed by atoms with E-state index in [0.29, 0.717) is 0 Å². The molecule has 1 heterocycles. The van der Waals surface area contributed by atoms with Crippen LogP contribution in [0.5, 0.6) is 0 Å². The molecule has 0 fully saturated rings. The van der Waals surface area contributed by atoms with E-state index in [0.717, 1.165) is 44.9 Å². The van der Waals surface area contributed by atoms with E-state index in [2.05, 4.69) is 33.6 Å². The molecule has 21 heavy (non-hydrogen) atoms. The van der Waals surface area contributed by atoms with Crippen LogP contribution in [0.15, 0.2) is 28.1 Å². The van der Waals surface area contributed by atoms with E-state index in [4.69, 9.17) is 11.6 Å². The number of halogens is 3. The number of thiophene rings is 1. The zero-order chi connectivity index (χ0) is 15.4. The van der Waals surface area contributed by atoms with Crippen molar-refractivity contribution in [1.82, 2.24) is 5.32 Å². The Morgan fingerprint density at radius 2 is 2.19 bits per heavy atom. The van der Waals surface area contributed by atoms with Gasteiger partial charge in [0.05, 0.1) is 5.02 Å². The summed E-state index contributed by atoms with van der Waals surface area (Å²) in [4.78, 5) is 1.15. The molecule has 0 amide bonds. The molecule has 1 N–H and O–H groups in total. The number of hydrogen-bond acceptors (Lipinski definition) is 2. The van der Waals surface area contributed by atoms with Gasteiger partial charge in [-0.3, -0.25) is 0 Å². The topological polar surface area (TPSA) is 12.0 Å². The lowest BCUT2D eigenvalue weighted by atomic mass is 10.0. The molecule has 0 aliphatic carbocycles. The standard InChI is InChI=1S/C16H18BrClFNS/c1-3-6-20-14(16-15(18)10(2)9-21-16)7-11-4-5-12(19)8-13(11)17/h4-5,8-9,14,20H,3,6-7H2,1-2H3. The van der Waals surface area contributed by atoms with Crippen molar-refractivity contribution in [1.29, 1.82) is 0 Å². The lowest BCUT2D eigenvalue weighted by molar-refractivity contribution is 0.535. The van der Waals surface area contributed by atoms with Gasteiger partial charge in [0.25, 0.3) is 0 Å². The molecular weight excluding hydrogens is 373 g/mol. The molecule has 1 nitrogen and oxygen atoms in total. The molecule has 1 unspecified atom stereocenters. The maximum absolute atomic E-state index is 13.2. The Balaban J connectivity index is 2.26. The monoisotopic (exact) mass is 389 g/mol. The van der Waals surface area contributed by atoms with Crippen LogP contribution in [0.4, 0.5) is 4.39 Å². The molecule has 114 valence electrons. The molecule has 0 radical (unpaired) electrons. The highest BCUT2D eigenvalue weighted by Gasteiger charge is 2.19. The summed E-state index contributed by atoms with van der Waals surface area (Å²) in [5, 5.41) is 6.46. The van der Waals surface area contributed by atoms with Gasteiger partial charge in [-0.05, 0) is 54.9 Å². The second kappa shape index (κ2) is 7.73. The average molecular weight is 391 g/mol. The van der Waals surface area contributed by atoms with Gasteiger partial charge in [0, 0.05) is 15.4 Å². The first-order valence-corrected chi connectivity index (χ1v) is 8.98. The van der Waals surface area contributed by atoms with Crippen molar-refractivity contribution in [2.24, 2.45) is 0 Å². The van der Waals surface area contributed by atoms with Gasteiger partial charge in [0.15, 0.2) is 0 Å². The minimum Gasteiger partial charge on any atom is -0.309 e. The third-order valence-corrected chi connectivity index (χ3v) is 5.89. The Labute approximate surface area is 142 Å². The third kappa shape index (κ3) is 4.28. The number of hydrogen-bond donors (Lipinski definition) is 1. The van der Waals surface area contributed by atoms with Gasteiger partial charge in [0.2, 0.25) is 0 Å². The SMILES string of the molecule is CCCNC(Cc1ccc(F)cc1Br)c1scc(C)c1Cl. The van der Waals surface area contributed by atoms with E-state index in [9.17, 15) is 4.39 Å². The molecule has 0 aliphatic rings. The van der Waals surface area contributed by atoms with Crippen LogP contribution < -0.4 is 5.32 Å². The van der Waals surface area contributed by atoms with Gasteiger partial charge in [0.1, 0.15) is 5.82 Å². The smallest absolute Gasteiger partial charge is 0.124 e. The highest BCUT2D eigenvalue weighted by molar-refractivity contribution is 9.10. The Morgan fingerprint density at radius 3 is 2.76 bits per heavy atom. The summed E-state index contributed by atoms with van der Waals surface area (Å²) in [5.74, 6) is -0.228. The quantitative estimate of drug-likeness (QED) is 0.648. The second-order valence-electron chi connectivity index (χ2n) is 5.04. The molecule has 0 saturated carbocycles. The highest BCUT2D eigenvalue weighted by atomic mass is 79.9. The number of benzene rings is 1. The first-order valence-electron chi connectivity index (χ1n) is 6.93. The van der Waals surface area contributed by atoms with Crippen LogP contribution in [0.1, 0.15) is 35.4 Å². The van der Waals surface area contributed by atoms with Crippen molar-refractivity contribution in [3.05, 3.63) is 54.9 Å². The summed E-state index contributed by atoms with van der Waals surface area (Å²) in [7, 11) is 0.